The Bertz CT molecular complexity index is 864. The van der Waals surface area contributed by atoms with Crippen molar-refractivity contribution in [1.82, 2.24) is 4.98 Å². The monoisotopic (exact) mass is 331 g/mol. The summed E-state index contributed by atoms with van der Waals surface area (Å²) in [6.45, 7) is 6.04. The second-order valence-corrected chi connectivity index (χ2v) is 6.15. The van der Waals surface area contributed by atoms with Crippen LogP contribution in [0.4, 0.5) is 17.1 Å². The van der Waals surface area contributed by atoms with Crippen molar-refractivity contribution < 1.29 is 4.79 Å². The summed E-state index contributed by atoms with van der Waals surface area (Å²) in [5, 5.41) is 6.22. The highest BCUT2D eigenvalue weighted by atomic mass is 16.1. The van der Waals surface area contributed by atoms with Crippen molar-refractivity contribution in [2.75, 3.05) is 10.6 Å². The number of carbonyl (C=O) groups excluding carboxylic acids is 1. The zero-order chi connectivity index (χ0) is 17.8. The molecule has 2 aromatic carbocycles. The van der Waals surface area contributed by atoms with Crippen LogP contribution in [0.15, 0.2) is 60.8 Å². The number of anilines is 3. The molecule has 3 rings (SSSR count). The standard InChI is InChI=1S/C21H21N3O/c1-14-11-15(2)20(16(3)12-14)24-21(25)19-10-9-18(13-22-19)23-17-7-5-4-6-8-17/h4-13,23H,1-3H3,(H,24,25). The molecule has 0 aliphatic heterocycles. The number of nitrogens with one attached hydrogen (secondary N) is 2. The molecule has 0 aliphatic carbocycles. The normalized spacial score (nSPS) is 10.4. The summed E-state index contributed by atoms with van der Waals surface area (Å²) in [4.78, 5) is 16.8. The van der Waals surface area contributed by atoms with E-state index >= 15 is 0 Å². The third kappa shape index (κ3) is 4.04. The molecule has 4 nitrogen and oxygen atoms in total. The van der Waals surface area contributed by atoms with Gasteiger partial charge in [0.05, 0.1) is 11.9 Å². The summed E-state index contributed by atoms with van der Waals surface area (Å²) < 4.78 is 0. The van der Waals surface area contributed by atoms with E-state index in [1.165, 1.54) is 5.56 Å². The van der Waals surface area contributed by atoms with Crippen LogP contribution in [0.3, 0.4) is 0 Å². The highest BCUT2D eigenvalue weighted by Crippen LogP contribution is 2.22. The Morgan fingerprint density at radius 1 is 0.880 bits per heavy atom. The number of benzene rings is 2. The van der Waals surface area contributed by atoms with E-state index in [2.05, 4.69) is 27.8 Å². The Morgan fingerprint density at radius 3 is 2.16 bits per heavy atom. The summed E-state index contributed by atoms with van der Waals surface area (Å²) in [7, 11) is 0. The maximum absolute atomic E-state index is 12.5. The maximum atomic E-state index is 12.5. The van der Waals surface area contributed by atoms with Gasteiger partial charge in [-0.1, -0.05) is 35.9 Å². The molecule has 0 spiro atoms. The maximum Gasteiger partial charge on any atom is 0.274 e. The van der Waals surface area contributed by atoms with Crippen LogP contribution in [0.25, 0.3) is 0 Å². The van der Waals surface area contributed by atoms with Gasteiger partial charge in [0.25, 0.3) is 5.91 Å². The van der Waals surface area contributed by atoms with Crippen LogP contribution < -0.4 is 10.6 Å². The molecule has 0 bridgehead atoms. The molecule has 0 saturated carbocycles. The molecule has 1 amide bonds. The fourth-order valence-electron chi connectivity index (χ4n) is 2.85. The molecular weight excluding hydrogens is 310 g/mol. The first-order chi connectivity index (χ1) is 12.0. The average molecular weight is 331 g/mol. The second-order valence-electron chi connectivity index (χ2n) is 6.15. The molecule has 0 fully saturated rings. The summed E-state index contributed by atoms with van der Waals surface area (Å²) in [5.74, 6) is -0.207. The van der Waals surface area contributed by atoms with Gasteiger partial charge in [0.1, 0.15) is 5.69 Å². The van der Waals surface area contributed by atoms with Crippen LogP contribution in [-0.2, 0) is 0 Å². The van der Waals surface area contributed by atoms with Crippen molar-refractivity contribution in [2.45, 2.75) is 20.8 Å². The predicted molar refractivity (Wildman–Crippen MR) is 103 cm³/mol. The van der Waals surface area contributed by atoms with E-state index in [1.807, 2.05) is 57.2 Å². The predicted octanol–water partition coefficient (Wildman–Crippen LogP) is 5.00. The van der Waals surface area contributed by atoms with Gasteiger partial charge in [0.2, 0.25) is 0 Å². The van der Waals surface area contributed by atoms with Crippen molar-refractivity contribution >= 4 is 23.0 Å². The molecule has 0 radical (unpaired) electrons. The van der Waals surface area contributed by atoms with Gasteiger partial charge in [-0.2, -0.15) is 0 Å². The van der Waals surface area contributed by atoms with Crippen molar-refractivity contribution in [3.8, 4) is 0 Å². The Labute approximate surface area is 147 Å². The minimum Gasteiger partial charge on any atom is -0.354 e. The van der Waals surface area contributed by atoms with Gasteiger partial charge in [0.15, 0.2) is 0 Å². The van der Waals surface area contributed by atoms with Crippen LogP contribution in [-0.4, -0.2) is 10.9 Å². The Morgan fingerprint density at radius 2 is 1.56 bits per heavy atom. The molecular formula is C21H21N3O. The number of aryl methyl sites for hydroxylation is 3. The summed E-state index contributed by atoms with van der Waals surface area (Å²) in [6.07, 6.45) is 1.66. The molecule has 0 saturated heterocycles. The number of rotatable bonds is 4. The first kappa shape index (κ1) is 16.7. The van der Waals surface area contributed by atoms with Crippen LogP contribution in [0, 0.1) is 20.8 Å². The summed E-state index contributed by atoms with van der Waals surface area (Å²) in [5.41, 5.74) is 6.34. The second kappa shape index (κ2) is 7.18. The van der Waals surface area contributed by atoms with Gasteiger partial charge < -0.3 is 10.6 Å². The molecule has 25 heavy (non-hydrogen) atoms. The lowest BCUT2D eigenvalue weighted by Gasteiger charge is -2.13. The molecule has 0 atom stereocenters. The number of pyridine rings is 1. The van der Waals surface area contributed by atoms with Crippen molar-refractivity contribution in [1.29, 1.82) is 0 Å². The SMILES string of the molecule is Cc1cc(C)c(NC(=O)c2ccc(Nc3ccccc3)cn2)c(C)c1. The van der Waals surface area contributed by atoms with E-state index in [0.717, 1.165) is 28.2 Å². The molecule has 3 aromatic rings. The number of hydrogen-bond acceptors (Lipinski definition) is 3. The third-order valence-corrected chi connectivity index (χ3v) is 3.97. The number of carbonyl (C=O) groups is 1. The summed E-state index contributed by atoms with van der Waals surface area (Å²) in [6, 6.07) is 17.5. The quantitative estimate of drug-likeness (QED) is 0.707. The van der Waals surface area contributed by atoms with Crippen molar-refractivity contribution in [2.24, 2.45) is 0 Å². The van der Waals surface area contributed by atoms with Gasteiger partial charge in [-0.25, -0.2) is 4.98 Å². The van der Waals surface area contributed by atoms with E-state index in [-0.39, 0.29) is 5.91 Å². The summed E-state index contributed by atoms with van der Waals surface area (Å²) >= 11 is 0. The van der Waals surface area contributed by atoms with E-state index in [4.69, 9.17) is 0 Å². The first-order valence-electron chi connectivity index (χ1n) is 8.20. The number of aromatic nitrogens is 1. The average Bonchev–Trinajstić information content (AvgIpc) is 2.59. The largest absolute Gasteiger partial charge is 0.354 e. The van der Waals surface area contributed by atoms with Gasteiger partial charge in [0, 0.05) is 11.4 Å². The van der Waals surface area contributed by atoms with E-state index < -0.39 is 0 Å². The lowest BCUT2D eigenvalue weighted by Crippen LogP contribution is -2.15. The smallest absolute Gasteiger partial charge is 0.274 e. The van der Waals surface area contributed by atoms with E-state index in [0.29, 0.717) is 5.69 Å². The fraction of sp³-hybridized carbons (Fsp3) is 0.143. The van der Waals surface area contributed by atoms with E-state index in [9.17, 15) is 4.79 Å². The van der Waals surface area contributed by atoms with Gasteiger partial charge in [-0.15, -0.1) is 0 Å². The lowest BCUT2D eigenvalue weighted by atomic mass is 10.0. The Kier molecular flexibility index (Phi) is 4.80. The van der Waals surface area contributed by atoms with Gasteiger partial charge in [-0.3, -0.25) is 4.79 Å². The molecule has 4 heteroatoms. The minimum absolute atomic E-state index is 0.207. The van der Waals surface area contributed by atoms with Crippen LogP contribution >= 0.6 is 0 Å². The highest BCUT2D eigenvalue weighted by molar-refractivity contribution is 6.03. The fourth-order valence-corrected chi connectivity index (χ4v) is 2.85. The molecule has 1 heterocycles. The zero-order valence-electron chi connectivity index (χ0n) is 14.6. The topological polar surface area (TPSA) is 54.0 Å². The number of amides is 1. The van der Waals surface area contributed by atoms with Gasteiger partial charge >= 0.3 is 0 Å². The van der Waals surface area contributed by atoms with Crippen molar-refractivity contribution in [3.05, 3.63) is 83.2 Å². The van der Waals surface area contributed by atoms with Gasteiger partial charge in [-0.05, 0) is 56.2 Å². The Balaban J connectivity index is 1.73. The molecule has 126 valence electrons. The third-order valence-electron chi connectivity index (χ3n) is 3.97. The zero-order valence-corrected chi connectivity index (χ0v) is 14.6. The van der Waals surface area contributed by atoms with Crippen LogP contribution in [0.2, 0.25) is 0 Å². The number of nitrogens with zero attached hydrogens (tertiary/aromatic N) is 1. The molecule has 2 N–H and O–H groups in total. The number of hydrogen-bond donors (Lipinski definition) is 2. The minimum atomic E-state index is -0.207. The lowest BCUT2D eigenvalue weighted by molar-refractivity contribution is 0.102. The van der Waals surface area contributed by atoms with Crippen LogP contribution in [0.5, 0.6) is 0 Å². The first-order valence-corrected chi connectivity index (χ1v) is 8.20. The number of para-hydroxylation sites is 1. The van der Waals surface area contributed by atoms with Crippen molar-refractivity contribution in [3.63, 3.8) is 0 Å². The Hall–Kier alpha value is -3.14. The van der Waals surface area contributed by atoms with Crippen LogP contribution in [0.1, 0.15) is 27.2 Å². The molecule has 0 unspecified atom stereocenters. The van der Waals surface area contributed by atoms with E-state index in [1.54, 1.807) is 12.3 Å². The highest BCUT2D eigenvalue weighted by Gasteiger charge is 2.11. The molecule has 1 aromatic heterocycles. The molecule has 0 aliphatic rings.